The molecule has 0 saturated heterocycles. The SMILES string of the molecule is COc1ccc(C(C)O)c(Cl)c1O. The second-order valence-electron chi connectivity index (χ2n) is 2.70. The Bertz CT molecular complexity index is 310. The fraction of sp³-hybridized carbons (Fsp3) is 0.333. The number of hydrogen-bond donors (Lipinski definition) is 2. The lowest BCUT2D eigenvalue weighted by molar-refractivity contribution is 0.199. The van der Waals surface area contributed by atoms with Gasteiger partial charge in [-0.3, -0.25) is 0 Å². The van der Waals surface area contributed by atoms with E-state index in [1.807, 2.05) is 0 Å². The first kappa shape index (κ1) is 10.2. The van der Waals surface area contributed by atoms with Gasteiger partial charge in [0.2, 0.25) is 0 Å². The maximum absolute atomic E-state index is 9.46. The second-order valence-corrected chi connectivity index (χ2v) is 3.07. The van der Waals surface area contributed by atoms with Crippen LogP contribution in [-0.4, -0.2) is 17.3 Å². The summed E-state index contributed by atoms with van der Waals surface area (Å²) in [6.45, 7) is 1.58. The fourth-order valence-corrected chi connectivity index (χ4v) is 1.36. The lowest BCUT2D eigenvalue weighted by atomic mass is 10.1. The Morgan fingerprint density at radius 3 is 2.54 bits per heavy atom. The first-order valence-corrected chi connectivity index (χ1v) is 4.19. The zero-order valence-corrected chi connectivity index (χ0v) is 8.17. The Labute approximate surface area is 81.5 Å². The molecule has 1 aromatic carbocycles. The smallest absolute Gasteiger partial charge is 0.177 e. The average Bonchev–Trinajstić information content (AvgIpc) is 2.09. The van der Waals surface area contributed by atoms with E-state index in [-0.39, 0.29) is 10.8 Å². The van der Waals surface area contributed by atoms with Crippen LogP contribution in [0.3, 0.4) is 0 Å². The van der Waals surface area contributed by atoms with E-state index in [1.54, 1.807) is 19.1 Å². The lowest BCUT2D eigenvalue weighted by Gasteiger charge is -2.11. The lowest BCUT2D eigenvalue weighted by Crippen LogP contribution is -1.94. The molecule has 1 unspecified atom stereocenters. The minimum Gasteiger partial charge on any atom is -0.503 e. The van der Waals surface area contributed by atoms with Gasteiger partial charge in [-0.25, -0.2) is 0 Å². The summed E-state index contributed by atoms with van der Waals surface area (Å²) < 4.78 is 4.84. The van der Waals surface area contributed by atoms with Crippen molar-refractivity contribution in [1.82, 2.24) is 0 Å². The van der Waals surface area contributed by atoms with Crippen LogP contribution >= 0.6 is 11.6 Å². The van der Waals surface area contributed by atoms with E-state index in [0.29, 0.717) is 11.3 Å². The number of rotatable bonds is 2. The van der Waals surface area contributed by atoms with Crippen molar-refractivity contribution in [2.45, 2.75) is 13.0 Å². The highest BCUT2D eigenvalue weighted by Crippen LogP contribution is 2.38. The van der Waals surface area contributed by atoms with Gasteiger partial charge in [-0.05, 0) is 13.0 Å². The molecule has 0 heterocycles. The van der Waals surface area contributed by atoms with E-state index in [4.69, 9.17) is 16.3 Å². The van der Waals surface area contributed by atoms with Gasteiger partial charge in [0.15, 0.2) is 11.5 Å². The highest BCUT2D eigenvalue weighted by Gasteiger charge is 2.13. The summed E-state index contributed by atoms with van der Waals surface area (Å²) >= 11 is 5.78. The van der Waals surface area contributed by atoms with E-state index < -0.39 is 6.10 Å². The second kappa shape index (κ2) is 3.85. The molecule has 0 aliphatic heterocycles. The number of hydrogen-bond acceptors (Lipinski definition) is 3. The van der Waals surface area contributed by atoms with Crippen LogP contribution in [0.1, 0.15) is 18.6 Å². The van der Waals surface area contributed by atoms with Crippen molar-refractivity contribution < 1.29 is 14.9 Å². The summed E-state index contributed by atoms with van der Waals surface area (Å²) in [5, 5.41) is 18.8. The Morgan fingerprint density at radius 1 is 1.46 bits per heavy atom. The highest BCUT2D eigenvalue weighted by molar-refractivity contribution is 6.33. The summed E-state index contributed by atoms with van der Waals surface area (Å²) in [5.41, 5.74) is 0.486. The standard InChI is InChI=1S/C9H11ClO3/c1-5(11)6-3-4-7(13-2)9(12)8(6)10/h3-5,11-12H,1-2H3. The number of benzene rings is 1. The number of methoxy groups -OCH3 is 1. The van der Waals surface area contributed by atoms with Gasteiger partial charge in [0.25, 0.3) is 0 Å². The summed E-state index contributed by atoms with van der Waals surface area (Å²) in [6, 6.07) is 3.18. The molecule has 0 aromatic heterocycles. The number of halogens is 1. The molecule has 72 valence electrons. The minimum absolute atomic E-state index is 0.134. The van der Waals surface area contributed by atoms with Gasteiger partial charge in [-0.2, -0.15) is 0 Å². The van der Waals surface area contributed by atoms with Crippen LogP contribution in [0.5, 0.6) is 11.5 Å². The molecule has 0 fully saturated rings. The van der Waals surface area contributed by atoms with Crippen molar-refractivity contribution >= 4 is 11.6 Å². The molecule has 0 saturated carbocycles. The Kier molecular flexibility index (Phi) is 3.01. The summed E-state index contributed by atoms with van der Waals surface area (Å²) in [5.74, 6) is 0.164. The molecule has 13 heavy (non-hydrogen) atoms. The molecule has 4 heteroatoms. The van der Waals surface area contributed by atoms with Gasteiger partial charge >= 0.3 is 0 Å². The Hall–Kier alpha value is -0.930. The van der Waals surface area contributed by atoms with E-state index in [1.165, 1.54) is 7.11 Å². The van der Waals surface area contributed by atoms with E-state index in [0.717, 1.165) is 0 Å². The molecule has 0 aliphatic carbocycles. The molecule has 0 spiro atoms. The molecular formula is C9H11ClO3. The van der Waals surface area contributed by atoms with Crippen LogP contribution in [0.4, 0.5) is 0 Å². The maximum Gasteiger partial charge on any atom is 0.177 e. The summed E-state index contributed by atoms with van der Waals surface area (Å²) in [6.07, 6.45) is -0.704. The number of phenols is 1. The van der Waals surface area contributed by atoms with Gasteiger partial charge in [-0.1, -0.05) is 17.7 Å². The van der Waals surface area contributed by atoms with E-state index in [2.05, 4.69) is 0 Å². The monoisotopic (exact) mass is 202 g/mol. The zero-order valence-electron chi connectivity index (χ0n) is 7.41. The van der Waals surface area contributed by atoms with Crippen LogP contribution in [-0.2, 0) is 0 Å². The molecule has 1 atom stereocenters. The molecule has 0 radical (unpaired) electrons. The topological polar surface area (TPSA) is 49.7 Å². The third-order valence-corrected chi connectivity index (χ3v) is 2.18. The predicted molar refractivity (Wildman–Crippen MR) is 50.3 cm³/mol. The van der Waals surface area contributed by atoms with Crippen molar-refractivity contribution in [3.8, 4) is 11.5 Å². The van der Waals surface area contributed by atoms with Crippen molar-refractivity contribution in [3.05, 3.63) is 22.7 Å². The highest BCUT2D eigenvalue weighted by atomic mass is 35.5. The van der Waals surface area contributed by atoms with Gasteiger partial charge in [-0.15, -0.1) is 0 Å². The summed E-state index contributed by atoms with van der Waals surface area (Å²) in [4.78, 5) is 0. The van der Waals surface area contributed by atoms with Gasteiger partial charge < -0.3 is 14.9 Å². The normalized spacial score (nSPS) is 12.6. The Balaban J connectivity index is 3.23. The van der Waals surface area contributed by atoms with E-state index in [9.17, 15) is 10.2 Å². The fourth-order valence-electron chi connectivity index (χ4n) is 1.05. The number of aliphatic hydroxyl groups is 1. The molecular weight excluding hydrogens is 192 g/mol. The average molecular weight is 203 g/mol. The van der Waals surface area contributed by atoms with Crippen molar-refractivity contribution in [2.75, 3.05) is 7.11 Å². The van der Waals surface area contributed by atoms with Gasteiger partial charge in [0.1, 0.15) is 0 Å². The predicted octanol–water partition coefficient (Wildman–Crippen LogP) is 2.11. The van der Waals surface area contributed by atoms with Crippen LogP contribution < -0.4 is 4.74 Å². The molecule has 2 N–H and O–H groups in total. The third-order valence-electron chi connectivity index (χ3n) is 1.78. The Morgan fingerprint density at radius 2 is 2.08 bits per heavy atom. The van der Waals surface area contributed by atoms with Crippen LogP contribution in [0.25, 0.3) is 0 Å². The molecule has 0 aliphatic rings. The number of phenolic OH excluding ortho intramolecular Hbond substituents is 1. The largest absolute Gasteiger partial charge is 0.503 e. The molecule has 0 bridgehead atoms. The van der Waals surface area contributed by atoms with Crippen molar-refractivity contribution in [1.29, 1.82) is 0 Å². The molecule has 3 nitrogen and oxygen atoms in total. The van der Waals surface area contributed by atoms with Crippen LogP contribution in [0.2, 0.25) is 5.02 Å². The van der Waals surface area contributed by atoms with Crippen LogP contribution in [0, 0.1) is 0 Å². The van der Waals surface area contributed by atoms with E-state index >= 15 is 0 Å². The first-order valence-electron chi connectivity index (χ1n) is 3.81. The van der Waals surface area contributed by atoms with Gasteiger partial charge in [0, 0.05) is 5.56 Å². The number of ether oxygens (including phenoxy) is 1. The van der Waals surface area contributed by atoms with Crippen LogP contribution in [0.15, 0.2) is 12.1 Å². The molecule has 1 rings (SSSR count). The van der Waals surface area contributed by atoms with Gasteiger partial charge in [0.05, 0.1) is 18.2 Å². The number of aliphatic hydroxyl groups excluding tert-OH is 1. The maximum atomic E-state index is 9.46. The number of aromatic hydroxyl groups is 1. The molecule has 0 amide bonds. The first-order chi connectivity index (χ1) is 6.07. The minimum atomic E-state index is -0.704. The third kappa shape index (κ3) is 1.87. The quantitative estimate of drug-likeness (QED) is 0.772. The molecule has 1 aromatic rings. The van der Waals surface area contributed by atoms with Crippen molar-refractivity contribution in [3.63, 3.8) is 0 Å². The van der Waals surface area contributed by atoms with Crippen molar-refractivity contribution in [2.24, 2.45) is 0 Å². The summed E-state index contributed by atoms with van der Waals surface area (Å²) in [7, 11) is 1.44. The zero-order chi connectivity index (χ0) is 10.0.